The molecule has 2 nitrogen and oxygen atoms in total. The third kappa shape index (κ3) is 2.37. The van der Waals surface area contributed by atoms with Crippen molar-refractivity contribution in [3.8, 4) is 0 Å². The Labute approximate surface area is 109 Å². The van der Waals surface area contributed by atoms with Crippen LogP contribution >= 0.6 is 0 Å². The van der Waals surface area contributed by atoms with Gasteiger partial charge in [0.15, 0.2) is 0 Å². The fraction of sp³-hybridized carbons (Fsp3) is 0.200. The summed E-state index contributed by atoms with van der Waals surface area (Å²) in [5, 5.41) is 0. The van der Waals surface area contributed by atoms with Crippen molar-refractivity contribution in [2.75, 3.05) is 6.61 Å². The number of benzene rings is 2. The van der Waals surface area contributed by atoms with Crippen LogP contribution in [0.4, 0.5) is 0 Å². The lowest BCUT2D eigenvalue weighted by molar-refractivity contribution is 0.415. The van der Waals surface area contributed by atoms with Crippen LogP contribution in [-0.2, 0) is 15.5 Å². The molecule has 0 spiro atoms. The predicted octanol–water partition coefficient (Wildman–Crippen LogP) is 3.23. The summed E-state index contributed by atoms with van der Waals surface area (Å²) in [6.45, 7) is 2.83. The fourth-order valence-corrected chi connectivity index (χ4v) is 2.88. The minimum Gasteiger partial charge on any atom is -0.368 e. The fourth-order valence-electron chi connectivity index (χ4n) is 1.84. The van der Waals surface area contributed by atoms with E-state index in [9.17, 15) is 4.21 Å². The van der Waals surface area contributed by atoms with Gasteiger partial charge in [0.1, 0.15) is 6.10 Å². The van der Waals surface area contributed by atoms with E-state index in [-0.39, 0.29) is 6.10 Å². The normalized spacial score (nSPS) is 19.5. The number of hydrogen-bond acceptors (Lipinski definition) is 2. The second kappa shape index (κ2) is 4.67. The van der Waals surface area contributed by atoms with Crippen LogP contribution in [-0.4, -0.2) is 10.8 Å². The molecule has 3 rings (SSSR count). The van der Waals surface area contributed by atoms with Crippen LogP contribution in [0.25, 0.3) is 0 Å². The first-order valence-corrected chi connectivity index (χ1v) is 7.09. The molecule has 0 saturated carbocycles. The first kappa shape index (κ1) is 11.6. The minimum atomic E-state index is -1.10. The van der Waals surface area contributed by atoms with Gasteiger partial charge in [-0.3, -0.25) is 0 Å². The van der Waals surface area contributed by atoms with Gasteiger partial charge in [-0.25, -0.2) is 4.21 Å². The highest BCUT2D eigenvalue weighted by atomic mass is 32.2. The van der Waals surface area contributed by atoms with Crippen molar-refractivity contribution in [2.24, 2.45) is 0 Å². The number of rotatable bonds is 3. The largest absolute Gasteiger partial charge is 0.368 e. The van der Waals surface area contributed by atoms with Crippen molar-refractivity contribution in [3.63, 3.8) is 0 Å². The van der Waals surface area contributed by atoms with E-state index in [4.69, 9.17) is 4.74 Å². The Kier molecular flexibility index (Phi) is 3.02. The van der Waals surface area contributed by atoms with Gasteiger partial charge in [-0.2, -0.15) is 0 Å². The molecule has 92 valence electrons. The molecule has 2 aromatic carbocycles. The van der Waals surface area contributed by atoms with Crippen LogP contribution in [0.5, 0.6) is 0 Å². The van der Waals surface area contributed by atoms with Crippen LogP contribution in [0.1, 0.15) is 17.2 Å². The molecule has 0 radical (unpaired) electrons. The summed E-state index contributed by atoms with van der Waals surface area (Å²) in [5.41, 5.74) is 2.34. The zero-order valence-electron chi connectivity index (χ0n) is 10.1. The Morgan fingerprint density at radius 1 is 1.00 bits per heavy atom. The van der Waals surface area contributed by atoms with E-state index in [0.29, 0.717) is 0 Å². The summed E-state index contributed by atoms with van der Waals surface area (Å²) in [6.07, 6.45) is 0.256. The molecule has 3 heteroatoms. The molecule has 0 amide bonds. The third-order valence-corrected chi connectivity index (χ3v) is 4.43. The van der Waals surface area contributed by atoms with Crippen molar-refractivity contribution in [1.29, 1.82) is 0 Å². The van der Waals surface area contributed by atoms with E-state index in [0.717, 1.165) is 16.4 Å². The van der Waals surface area contributed by atoms with E-state index < -0.39 is 10.8 Å². The topological polar surface area (TPSA) is 29.6 Å². The molecule has 2 aromatic rings. The van der Waals surface area contributed by atoms with Gasteiger partial charge < -0.3 is 4.74 Å². The Morgan fingerprint density at radius 2 is 1.50 bits per heavy atom. The van der Waals surface area contributed by atoms with Gasteiger partial charge >= 0.3 is 0 Å². The molecule has 1 heterocycles. The van der Waals surface area contributed by atoms with Crippen LogP contribution < -0.4 is 0 Å². The number of hydrogen-bond donors (Lipinski definition) is 0. The van der Waals surface area contributed by atoms with Gasteiger partial charge in [0, 0.05) is 9.79 Å². The average molecular weight is 258 g/mol. The lowest BCUT2D eigenvalue weighted by atomic mass is 10.2. The zero-order chi connectivity index (χ0) is 12.5. The van der Waals surface area contributed by atoms with E-state index in [1.807, 2.05) is 55.5 Å². The van der Waals surface area contributed by atoms with Crippen LogP contribution in [0.15, 0.2) is 58.3 Å². The molecule has 0 aliphatic carbocycles. The second-order valence-corrected chi connectivity index (χ2v) is 5.95. The smallest absolute Gasteiger partial charge is 0.106 e. The van der Waals surface area contributed by atoms with Gasteiger partial charge in [-0.15, -0.1) is 0 Å². The van der Waals surface area contributed by atoms with Crippen LogP contribution in [0.2, 0.25) is 0 Å². The van der Waals surface area contributed by atoms with Crippen molar-refractivity contribution in [2.45, 2.75) is 22.8 Å². The molecule has 1 aliphatic heterocycles. The van der Waals surface area contributed by atoms with Gasteiger partial charge in [0.25, 0.3) is 0 Å². The summed E-state index contributed by atoms with van der Waals surface area (Å²) < 4.78 is 17.6. The van der Waals surface area contributed by atoms with Crippen molar-refractivity contribution >= 4 is 10.8 Å². The SMILES string of the molecule is Cc1ccc(S(=O)c2ccc([C@@H]3CO3)cc2)cc1. The summed E-state index contributed by atoms with van der Waals surface area (Å²) in [7, 11) is -1.10. The lowest BCUT2D eigenvalue weighted by Gasteiger charge is -2.04. The van der Waals surface area contributed by atoms with E-state index in [1.165, 1.54) is 11.1 Å². The maximum Gasteiger partial charge on any atom is 0.106 e. The quantitative estimate of drug-likeness (QED) is 0.791. The Balaban J connectivity index is 1.84. The van der Waals surface area contributed by atoms with Gasteiger partial charge in [0.05, 0.1) is 17.4 Å². The average Bonchev–Trinajstić information content (AvgIpc) is 3.23. The summed E-state index contributed by atoms with van der Waals surface area (Å²) >= 11 is 0. The van der Waals surface area contributed by atoms with Crippen molar-refractivity contribution in [1.82, 2.24) is 0 Å². The molecule has 1 saturated heterocycles. The van der Waals surface area contributed by atoms with Crippen LogP contribution in [0.3, 0.4) is 0 Å². The molecule has 0 N–H and O–H groups in total. The molecule has 0 bridgehead atoms. The molecule has 1 unspecified atom stereocenters. The van der Waals surface area contributed by atoms with Crippen LogP contribution in [0, 0.1) is 6.92 Å². The second-order valence-electron chi connectivity index (χ2n) is 4.47. The Hall–Kier alpha value is -1.45. The Morgan fingerprint density at radius 3 is 2.00 bits per heavy atom. The molecule has 2 atom stereocenters. The molecular formula is C15H14O2S. The Bertz CT molecular complexity index is 568. The minimum absolute atomic E-state index is 0.256. The number of ether oxygens (including phenoxy) is 1. The van der Waals surface area contributed by atoms with E-state index >= 15 is 0 Å². The maximum atomic E-state index is 12.3. The first-order valence-electron chi connectivity index (χ1n) is 5.94. The molecule has 18 heavy (non-hydrogen) atoms. The number of aryl methyl sites for hydroxylation is 1. The summed E-state index contributed by atoms with van der Waals surface area (Å²) in [5.74, 6) is 0. The third-order valence-electron chi connectivity index (χ3n) is 3.03. The number of epoxide rings is 1. The summed E-state index contributed by atoms with van der Waals surface area (Å²) in [4.78, 5) is 1.68. The molecule has 0 aromatic heterocycles. The molecule has 1 fully saturated rings. The van der Waals surface area contributed by atoms with E-state index in [2.05, 4.69) is 0 Å². The van der Waals surface area contributed by atoms with Crippen molar-refractivity contribution in [3.05, 3.63) is 59.7 Å². The maximum absolute atomic E-state index is 12.3. The molecule has 1 aliphatic rings. The standard InChI is InChI=1S/C15H14O2S/c1-11-2-6-13(7-3-11)18(16)14-8-4-12(5-9-14)15-10-17-15/h2-9,15H,10H2,1H3/t15-,18?/m0/s1. The predicted molar refractivity (Wildman–Crippen MR) is 71.0 cm³/mol. The van der Waals surface area contributed by atoms with Crippen molar-refractivity contribution < 1.29 is 8.95 Å². The summed E-state index contributed by atoms with van der Waals surface area (Å²) in [6, 6.07) is 15.7. The highest BCUT2D eigenvalue weighted by Gasteiger charge is 2.24. The van der Waals surface area contributed by atoms with Gasteiger partial charge in [0.2, 0.25) is 0 Å². The molecular weight excluding hydrogens is 244 g/mol. The van der Waals surface area contributed by atoms with E-state index in [1.54, 1.807) is 0 Å². The monoisotopic (exact) mass is 258 g/mol. The zero-order valence-corrected chi connectivity index (χ0v) is 10.9. The first-order chi connectivity index (χ1) is 8.74. The highest BCUT2D eigenvalue weighted by molar-refractivity contribution is 7.85. The highest BCUT2D eigenvalue weighted by Crippen LogP contribution is 2.30. The van der Waals surface area contributed by atoms with Gasteiger partial charge in [-0.1, -0.05) is 29.8 Å². The lowest BCUT2D eigenvalue weighted by Crippen LogP contribution is -1.93. The van der Waals surface area contributed by atoms with Gasteiger partial charge in [-0.05, 0) is 36.8 Å².